The zero-order valence-electron chi connectivity index (χ0n) is 14.3. The number of benzene rings is 1. The summed E-state index contributed by atoms with van der Waals surface area (Å²) < 4.78 is 26.6. The third-order valence-corrected chi connectivity index (χ3v) is 5.15. The largest absolute Gasteiger partial charge is 0.354 e. The van der Waals surface area contributed by atoms with Crippen molar-refractivity contribution < 1.29 is 13.9 Å². The van der Waals surface area contributed by atoms with Crippen molar-refractivity contribution in [3.8, 4) is 11.3 Å². The fourth-order valence-corrected chi connectivity index (χ4v) is 3.76. The van der Waals surface area contributed by atoms with Gasteiger partial charge in [0.05, 0.1) is 18.9 Å². The Morgan fingerprint density at radius 3 is 2.50 bits per heavy atom. The average molecular weight is 354 g/mol. The summed E-state index contributed by atoms with van der Waals surface area (Å²) in [7, 11) is 0. The van der Waals surface area contributed by atoms with Crippen LogP contribution in [0.1, 0.15) is 12.8 Å². The van der Waals surface area contributed by atoms with E-state index in [4.69, 9.17) is 9.47 Å². The second-order valence-corrected chi connectivity index (χ2v) is 6.71. The van der Waals surface area contributed by atoms with Crippen LogP contribution in [0, 0.1) is 5.82 Å². The molecule has 0 saturated carbocycles. The summed E-state index contributed by atoms with van der Waals surface area (Å²) in [6, 6.07) is 8.38. The molecule has 6 nitrogen and oxygen atoms in total. The van der Waals surface area contributed by atoms with Crippen molar-refractivity contribution in [2.45, 2.75) is 18.6 Å². The highest BCUT2D eigenvalue weighted by molar-refractivity contribution is 5.75. The van der Waals surface area contributed by atoms with Gasteiger partial charge in [-0.1, -0.05) is 0 Å². The summed E-state index contributed by atoms with van der Waals surface area (Å²) in [6.45, 7) is 3.00. The van der Waals surface area contributed by atoms with Crippen molar-refractivity contribution in [1.29, 1.82) is 0 Å². The SMILES string of the molecule is Fc1ccc(-c2cc3c(N4CCC5(CC4)OCCO5)nccn3n2)cc1. The van der Waals surface area contributed by atoms with E-state index in [1.807, 2.05) is 16.8 Å². The number of ether oxygens (including phenoxy) is 2. The minimum Gasteiger partial charge on any atom is -0.354 e. The molecule has 7 heteroatoms. The van der Waals surface area contributed by atoms with Crippen LogP contribution in [0.2, 0.25) is 0 Å². The normalized spacial score (nSPS) is 19.5. The lowest BCUT2D eigenvalue weighted by Gasteiger charge is -2.38. The van der Waals surface area contributed by atoms with E-state index in [9.17, 15) is 4.39 Å². The van der Waals surface area contributed by atoms with E-state index >= 15 is 0 Å². The molecular formula is C19H19FN4O2. The molecule has 0 N–H and O–H groups in total. The van der Waals surface area contributed by atoms with Crippen molar-refractivity contribution in [2.24, 2.45) is 0 Å². The molecule has 0 bridgehead atoms. The third kappa shape index (κ3) is 2.64. The average Bonchev–Trinajstić information content (AvgIpc) is 3.30. The van der Waals surface area contributed by atoms with Crippen molar-refractivity contribution in [3.05, 3.63) is 48.5 Å². The van der Waals surface area contributed by atoms with Gasteiger partial charge in [-0.3, -0.25) is 0 Å². The molecule has 2 fully saturated rings. The van der Waals surface area contributed by atoms with Crippen LogP contribution in [0.3, 0.4) is 0 Å². The molecule has 0 atom stereocenters. The van der Waals surface area contributed by atoms with E-state index in [1.165, 1.54) is 12.1 Å². The Morgan fingerprint density at radius 2 is 1.77 bits per heavy atom. The topological polar surface area (TPSA) is 51.9 Å². The first-order valence-corrected chi connectivity index (χ1v) is 8.86. The first-order valence-electron chi connectivity index (χ1n) is 8.86. The van der Waals surface area contributed by atoms with Gasteiger partial charge in [0.15, 0.2) is 11.6 Å². The Balaban J connectivity index is 1.46. The fraction of sp³-hybridized carbons (Fsp3) is 0.368. The Morgan fingerprint density at radius 1 is 1.04 bits per heavy atom. The first kappa shape index (κ1) is 15.7. The van der Waals surface area contributed by atoms with E-state index < -0.39 is 5.79 Å². The van der Waals surface area contributed by atoms with Gasteiger partial charge in [0.25, 0.3) is 0 Å². The molecule has 2 aromatic heterocycles. The molecule has 5 rings (SSSR count). The lowest BCUT2D eigenvalue weighted by Crippen LogP contribution is -2.45. The van der Waals surface area contributed by atoms with Gasteiger partial charge < -0.3 is 14.4 Å². The molecule has 0 amide bonds. The number of anilines is 1. The van der Waals surface area contributed by atoms with Crippen LogP contribution < -0.4 is 4.90 Å². The quantitative estimate of drug-likeness (QED) is 0.708. The maximum atomic E-state index is 13.2. The molecule has 0 aliphatic carbocycles. The van der Waals surface area contributed by atoms with E-state index in [0.29, 0.717) is 13.2 Å². The number of piperidine rings is 1. The molecule has 26 heavy (non-hydrogen) atoms. The summed E-state index contributed by atoms with van der Waals surface area (Å²) in [5.41, 5.74) is 2.62. The molecule has 2 aliphatic heterocycles. The number of nitrogens with zero attached hydrogens (tertiary/aromatic N) is 4. The maximum Gasteiger partial charge on any atom is 0.171 e. The predicted molar refractivity (Wildman–Crippen MR) is 94.5 cm³/mol. The molecule has 2 aliphatic rings. The van der Waals surface area contributed by atoms with Crippen LogP contribution >= 0.6 is 0 Å². The van der Waals surface area contributed by atoms with Crippen LogP contribution in [0.4, 0.5) is 10.2 Å². The van der Waals surface area contributed by atoms with Crippen molar-refractivity contribution in [2.75, 3.05) is 31.2 Å². The van der Waals surface area contributed by atoms with E-state index in [0.717, 1.165) is 48.5 Å². The highest BCUT2D eigenvalue weighted by Crippen LogP contribution is 2.34. The highest BCUT2D eigenvalue weighted by Gasteiger charge is 2.40. The van der Waals surface area contributed by atoms with Crippen molar-refractivity contribution in [1.82, 2.24) is 14.6 Å². The van der Waals surface area contributed by atoms with Gasteiger partial charge in [-0.05, 0) is 30.3 Å². The molecular weight excluding hydrogens is 335 g/mol. The monoisotopic (exact) mass is 354 g/mol. The van der Waals surface area contributed by atoms with Gasteiger partial charge in [0.2, 0.25) is 0 Å². The number of hydrogen-bond acceptors (Lipinski definition) is 5. The van der Waals surface area contributed by atoms with Crippen LogP contribution in [0.15, 0.2) is 42.7 Å². The summed E-state index contributed by atoms with van der Waals surface area (Å²) in [5, 5.41) is 4.62. The van der Waals surface area contributed by atoms with Crippen LogP contribution in [-0.4, -0.2) is 46.7 Å². The highest BCUT2D eigenvalue weighted by atomic mass is 19.1. The molecule has 1 aromatic carbocycles. The smallest absolute Gasteiger partial charge is 0.171 e. The van der Waals surface area contributed by atoms with Crippen molar-refractivity contribution in [3.63, 3.8) is 0 Å². The molecule has 4 heterocycles. The van der Waals surface area contributed by atoms with Gasteiger partial charge >= 0.3 is 0 Å². The molecule has 134 valence electrons. The lowest BCUT2D eigenvalue weighted by atomic mass is 10.0. The molecule has 1 spiro atoms. The number of rotatable bonds is 2. The summed E-state index contributed by atoms with van der Waals surface area (Å²) >= 11 is 0. The van der Waals surface area contributed by atoms with Crippen LogP contribution in [0.25, 0.3) is 16.8 Å². The lowest BCUT2D eigenvalue weighted by molar-refractivity contribution is -0.169. The number of aromatic nitrogens is 3. The van der Waals surface area contributed by atoms with Crippen molar-refractivity contribution >= 4 is 11.3 Å². The third-order valence-electron chi connectivity index (χ3n) is 5.15. The summed E-state index contributed by atoms with van der Waals surface area (Å²) in [4.78, 5) is 6.84. The molecule has 2 saturated heterocycles. The number of halogens is 1. The Kier molecular flexibility index (Phi) is 3.65. The van der Waals surface area contributed by atoms with E-state index in [2.05, 4.69) is 15.0 Å². The molecule has 3 aromatic rings. The number of hydrogen-bond donors (Lipinski definition) is 0. The standard InChI is InChI=1S/C19H19FN4O2/c20-15-3-1-14(2-4-15)16-13-17-18(21-7-10-24(17)22-16)23-8-5-19(6-9-23)25-11-12-26-19/h1-4,7,10,13H,5-6,8-9,11-12H2. The Bertz CT molecular complexity index is 924. The van der Waals surface area contributed by atoms with Gasteiger partial charge in [-0.2, -0.15) is 5.10 Å². The maximum absolute atomic E-state index is 13.2. The van der Waals surface area contributed by atoms with Gasteiger partial charge in [-0.25, -0.2) is 13.9 Å². The minimum absolute atomic E-state index is 0.251. The zero-order valence-corrected chi connectivity index (χ0v) is 14.3. The minimum atomic E-state index is -0.402. The van der Waals surface area contributed by atoms with Crippen LogP contribution in [0.5, 0.6) is 0 Å². The second kappa shape index (κ2) is 6.03. The van der Waals surface area contributed by atoms with Crippen LogP contribution in [-0.2, 0) is 9.47 Å². The van der Waals surface area contributed by atoms with Gasteiger partial charge in [0.1, 0.15) is 11.3 Å². The molecule has 0 unspecified atom stereocenters. The van der Waals surface area contributed by atoms with E-state index in [-0.39, 0.29) is 5.82 Å². The Hall–Kier alpha value is -2.51. The fourth-order valence-electron chi connectivity index (χ4n) is 3.76. The first-order chi connectivity index (χ1) is 12.7. The molecule has 0 radical (unpaired) electrons. The predicted octanol–water partition coefficient (Wildman–Crippen LogP) is 2.88. The zero-order chi connectivity index (χ0) is 17.6. The van der Waals surface area contributed by atoms with Gasteiger partial charge in [-0.15, -0.1) is 0 Å². The van der Waals surface area contributed by atoms with E-state index in [1.54, 1.807) is 18.3 Å². The summed E-state index contributed by atoms with van der Waals surface area (Å²) in [6.07, 6.45) is 5.25. The summed E-state index contributed by atoms with van der Waals surface area (Å²) in [5.74, 6) is 0.251. The van der Waals surface area contributed by atoms with Gasteiger partial charge in [0, 0.05) is 43.9 Å². The second-order valence-electron chi connectivity index (χ2n) is 6.71. The Labute approximate surface area is 150 Å². The number of fused-ring (bicyclic) bond motifs is 1.